The van der Waals surface area contributed by atoms with Gasteiger partial charge >= 0.3 is 0 Å². The fourth-order valence-corrected chi connectivity index (χ4v) is 2.47. The highest BCUT2D eigenvalue weighted by atomic mass is 35.5. The maximum atomic E-state index is 14.5. The van der Waals surface area contributed by atoms with Gasteiger partial charge in [-0.2, -0.15) is 0 Å². The van der Waals surface area contributed by atoms with Gasteiger partial charge in [0.2, 0.25) is 0 Å². The molecule has 0 unspecified atom stereocenters. The van der Waals surface area contributed by atoms with Gasteiger partial charge in [-0.25, -0.2) is 9.37 Å². The van der Waals surface area contributed by atoms with Crippen LogP contribution in [-0.4, -0.2) is 17.6 Å². The lowest BCUT2D eigenvalue weighted by Crippen LogP contribution is -2.16. The lowest BCUT2D eigenvalue weighted by Gasteiger charge is -2.05. The number of aromatic nitrogens is 2. The molecule has 19 heavy (non-hydrogen) atoms. The predicted octanol–water partition coefficient (Wildman–Crippen LogP) is 3.90. The van der Waals surface area contributed by atoms with Gasteiger partial charge in [-0.15, -0.1) is 5.54 Å². The van der Waals surface area contributed by atoms with Crippen LogP contribution in [0, 0.1) is 24.2 Å². The fourth-order valence-electron chi connectivity index (χ4n) is 1.73. The molecule has 2 rings (SSSR count). The van der Waals surface area contributed by atoms with Crippen molar-refractivity contribution < 1.29 is 4.39 Å². The highest BCUT2D eigenvalue weighted by Crippen LogP contribution is 2.27. The van der Waals surface area contributed by atoms with Gasteiger partial charge in [-0.3, -0.25) is 0 Å². The van der Waals surface area contributed by atoms with E-state index in [1.165, 1.54) is 0 Å². The molecule has 1 aromatic carbocycles. The summed E-state index contributed by atoms with van der Waals surface area (Å²) in [6.45, 7) is 8.15. The second-order valence-electron chi connectivity index (χ2n) is 5.63. The van der Waals surface area contributed by atoms with Crippen LogP contribution in [0.2, 0.25) is 24.7 Å². The lowest BCUT2D eigenvalue weighted by atomic mass is 10.2. The van der Waals surface area contributed by atoms with Crippen molar-refractivity contribution in [2.24, 2.45) is 7.05 Å². The number of imidazole rings is 1. The first kappa shape index (κ1) is 14.1. The van der Waals surface area contributed by atoms with Gasteiger partial charge in [0.25, 0.3) is 0 Å². The molecule has 0 amide bonds. The summed E-state index contributed by atoms with van der Waals surface area (Å²) in [4.78, 5) is 4.23. The molecule has 0 bridgehead atoms. The molecule has 0 saturated carbocycles. The van der Waals surface area contributed by atoms with Crippen LogP contribution in [0.3, 0.4) is 0 Å². The summed E-state index contributed by atoms with van der Waals surface area (Å²) in [6, 6.07) is 1.73. The summed E-state index contributed by atoms with van der Waals surface area (Å²) in [6.07, 6.45) is 0. The second-order valence-corrected chi connectivity index (χ2v) is 10.8. The zero-order chi connectivity index (χ0) is 14.4. The van der Waals surface area contributed by atoms with Crippen molar-refractivity contribution in [2.45, 2.75) is 26.6 Å². The summed E-state index contributed by atoms with van der Waals surface area (Å²) in [5.41, 5.74) is 4.43. The standard InChI is InChI=1S/C14H16ClFN2Si/c1-9-17-14-12(18(9)2)8-11(15)10(13(14)16)6-7-19(3,4)5/h8H,1-5H3. The van der Waals surface area contributed by atoms with E-state index in [1.807, 2.05) is 18.5 Å². The maximum Gasteiger partial charge on any atom is 0.168 e. The zero-order valence-electron chi connectivity index (χ0n) is 11.7. The van der Waals surface area contributed by atoms with Gasteiger partial charge in [0, 0.05) is 7.05 Å². The Kier molecular flexibility index (Phi) is 3.46. The van der Waals surface area contributed by atoms with E-state index in [2.05, 4.69) is 36.1 Å². The molecule has 0 aliphatic rings. The largest absolute Gasteiger partial charge is 0.331 e. The minimum Gasteiger partial charge on any atom is -0.331 e. The van der Waals surface area contributed by atoms with Gasteiger partial charge in [-0.05, 0) is 13.0 Å². The van der Waals surface area contributed by atoms with Crippen LogP contribution >= 0.6 is 11.6 Å². The highest BCUT2D eigenvalue weighted by molar-refractivity contribution is 6.83. The van der Waals surface area contributed by atoms with E-state index >= 15 is 0 Å². The zero-order valence-corrected chi connectivity index (χ0v) is 13.5. The van der Waals surface area contributed by atoms with Crippen LogP contribution < -0.4 is 0 Å². The number of fused-ring (bicyclic) bond motifs is 1. The average molecular weight is 295 g/mol. The molecule has 5 heteroatoms. The van der Waals surface area contributed by atoms with E-state index in [0.717, 1.165) is 5.82 Å². The van der Waals surface area contributed by atoms with E-state index in [1.54, 1.807) is 6.07 Å². The first-order chi connectivity index (χ1) is 8.70. The van der Waals surface area contributed by atoms with Gasteiger partial charge in [0.15, 0.2) is 5.82 Å². The Bertz CT molecular complexity index is 717. The van der Waals surface area contributed by atoms with Crippen LogP contribution in [0.15, 0.2) is 6.07 Å². The minimum atomic E-state index is -1.57. The van der Waals surface area contributed by atoms with Crippen molar-refractivity contribution >= 4 is 30.7 Å². The van der Waals surface area contributed by atoms with Gasteiger partial charge in [0.05, 0.1) is 16.1 Å². The number of hydrogen-bond acceptors (Lipinski definition) is 1. The summed E-state index contributed by atoms with van der Waals surface area (Å²) in [5, 5.41) is 0.346. The van der Waals surface area contributed by atoms with Crippen molar-refractivity contribution in [3.63, 3.8) is 0 Å². The minimum absolute atomic E-state index is 0.259. The van der Waals surface area contributed by atoms with Crippen LogP contribution in [0.5, 0.6) is 0 Å². The summed E-state index contributed by atoms with van der Waals surface area (Å²) in [5.74, 6) is 3.23. The number of benzene rings is 1. The summed E-state index contributed by atoms with van der Waals surface area (Å²) < 4.78 is 16.3. The Morgan fingerprint density at radius 2 is 2.00 bits per heavy atom. The first-order valence-corrected chi connectivity index (χ1v) is 9.92. The Labute approximate surface area is 118 Å². The molecule has 1 heterocycles. The van der Waals surface area contributed by atoms with E-state index in [0.29, 0.717) is 16.1 Å². The average Bonchev–Trinajstić information content (AvgIpc) is 2.55. The first-order valence-electron chi connectivity index (χ1n) is 6.05. The van der Waals surface area contributed by atoms with Crippen LogP contribution in [0.1, 0.15) is 11.4 Å². The number of aryl methyl sites for hydroxylation is 2. The number of rotatable bonds is 0. The molecule has 0 radical (unpaired) electrons. The van der Waals surface area contributed by atoms with Crippen molar-refractivity contribution in [1.29, 1.82) is 0 Å². The van der Waals surface area contributed by atoms with Gasteiger partial charge in [-0.1, -0.05) is 37.2 Å². The highest BCUT2D eigenvalue weighted by Gasteiger charge is 2.16. The Morgan fingerprint density at radius 1 is 1.37 bits per heavy atom. The molecule has 0 aliphatic carbocycles. The molecule has 0 fully saturated rings. The van der Waals surface area contributed by atoms with E-state index in [4.69, 9.17) is 11.6 Å². The summed E-state index contributed by atoms with van der Waals surface area (Å²) in [7, 11) is 0.270. The number of halogens is 2. The number of nitrogens with zero attached hydrogens (tertiary/aromatic N) is 2. The van der Waals surface area contributed by atoms with Crippen molar-refractivity contribution in [1.82, 2.24) is 9.55 Å². The van der Waals surface area contributed by atoms with Crippen LogP contribution in [0.4, 0.5) is 4.39 Å². The Hall–Kier alpha value is -1.31. The molecule has 0 saturated heterocycles. The molecule has 2 aromatic rings. The van der Waals surface area contributed by atoms with E-state index in [-0.39, 0.29) is 5.56 Å². The monoisotopic (exact) mass is 294 g/mol. The normalized spacial score (nSPS) is 11.5. The molecule has 0 N–H and O–H groups in total. The quantitative estimate of drug-likeness (QED) is 0.532. The smallest absolute Gasteiger partial charge is 0.168 e. The SMILES string of the molecule is Cc1nc2c(F)c(C#C[Si](C)(C)C)c(Cl)cc2n1C. The van der Waals surface area contributed by atoms with E-state index < -0.39 is 13.9 Å². The molecule has 0 aliphatic heterocycles. The lowest BCUT2D eigenvalue weighted by molar-refractivity contribution is 0.634. The van der Waals surface area contributed by atoms with Gasteiger partial charge in [0.1, 0.15) is 19.4 Å². The number of hydrogen-bond donors (Lipinski definition) is 0. The topological polar surface area (TPSA) is 17.8 Å². The maximum absolute atomic E-state index is 14.5. The third-order valence-electron chi connectivity index (χ3n) is 2.86. The Morgan fingerprint density at radius 3 is 2.58 bits per heavy atom. The van der Waals surface area contributed by atoms with E-state index in [9.17, 15) is 4.39 Å². The van der Waals surface area contributed by atoms with Gasteiger partial charge < -0.3 is 4.57 Å². The molecular formula is C14H16ClFN2Si. The predicted molar refractivity (Wildman–Crippen MR) is 80.6 cm³/mol. The molecule has 100 valence electrons. The Balaban J connectivity index is 2.72. The molecular weight excluding hydrogens is 279 g/mol. The van der Waals surface area contributed by atoms with Crippen molar-refractivity contribution in [3.8, 4) is 11.5 Å². The molecule has 0 atom stereocenters. The third-order valence-corrected chi connectivity index (χ3v) is 4.03. The van der Waals surface area contributed by atoms with Crippen molar-refractivity contribution in [3.05, 3.63) is 28.3 Å². The third kappa shape index (κ3) is 2.67. The second kappa shape index (κ2) is 4.66. The van der Waals surface area contributed by atoms with Crippen LogP contribution in [-0.2, 0) is 7.05 Å². The van der Waals surface area contributed by atoms with Crippen LogP contribution in [0.25, 0.3) is 11.0 Å². The summed E-state index contributed by atoms with van der Waals surface area (Å²) >= 11 is 6.15. The molecule has 1 aromatic heterocycles. The molecule has 0 spiro atoms. The molecule has 2 nitrogen and oxygen atoms in total. The fraction of sp³-hybridized carbons (Fsp3) is 0.357. The van der Waals surface area contributed by atoms with Crippen molar-refractivity contribution in [2.75, 3.05) is 0 Å².